The Hall–Kier alpha value is -3.91. The van der Waals surface area contributed by atoms with Crippen molar-refractivity contribution >= 4 is 29.5 Å². The van der Waals surface area contributed by atoms with Gasteiger partial charge >= 0.3 is 12.0 Å². The van der Waals surface area contributed by atoms with Crippen LogP contribution in [0.15, 0.2) is 48.8 Å². The number of fused-ring (bicyclic) bond motifs is 1. The van der Waals surface area contributed by atoms with E-state index in [0.29, 0.717) is 16.9 Å². The Morgan fingerprint density at radius 3 is 2.63 bits per heavy atom. The van der Waals surface area contributed by atoms with Crippen molar-refractivity contribution in [3.05, 3.63) is 59.9 Å². The number of anilines is 2. The zero-order chi connectivity index (χ0) is 24.7. The summed E-state index contributed by atoms with van der Waals surface area (Å²) >= 11 is 1.38. The van der Waals surface area contributed by atoms with Crippen LogP contribution in [0.2, 0.25) is 0 Å². The molecule has 2 aromatic carbocycles. The van der Waals surface area contributed by atoms with E-state index in [4.69, 9.17) is 4.74 Å². The van der Waals surface area contributed by atoms with Crippen molar-refractivity contribution < 1.29 is 23.0 Å². The summed E-state index contributed by atoms with van der Waals surface area (Å²) in [5.74, 6) is -3.35. The van der Waals surface area contributed by atoms with Gasteiger partial charge in [0.05, 0.1) is 47.8 Å². The number of carbonyl (C=O) groups excluding carboxylic acids is 1. The monoisotopic (exact) mass is 495 g/mol. The molecule has 0 radical (unpaired) electrons. The first-order chi connectivity index (χ1) is 16.8. The van der Waals surface area contributed by atoms with Crippen molar-refractivity contribution in [1.82, 2.24) is 9.97 Å². The van der Waals surface area contributed by atoms with Crippen LogP contribution < -0.4 is 13.3 Å². The Kier molecular flexibility index (Phi) is 5.68. The summed E-state index contributed by atoms with van der Waals surface area (Å²) in [6.07, 6.45) is 2.53. The van der Waals surface area contributed by atoms with Crippen LogP contribution in [0.25, 0.3) is 11.1 Å². The van der Waals surface area contributed by atoms with E-state index < -0.39 is 17.8 Å². The third kappa shape index (κ3) is 4.44. The fourth-order valence-electron chi connectivity index (χ4n) is 3.81. The predicted octanol–water partition coefficient (Wildman–Crippen LogP) is 5.07. The first-order valence-corrected chi connectivity index (χ1v) is 11.4. The van der Waals surface area contributed by atoms with Gasteiger partial charge in [0.1, 0.15) is 5.75 Å². The number of nitrogens with zero attached hydrogens (tertiary/aromatic N) is 5. The lowest BCUT2D eigenvalue weighted by molar-refractivity contribution is 0.0599. The van der Waals surface area contributed by atoms with Crippen LogP contribution in [-0.2, 0) is 4.74 Å². The van der Waals surface area contributed by atoms with Crippen LogP contribution >= 0.6 is 12.1 Å². The van der Waals surface area contributed by atoms with E-state index in [1.165, 1.54) is 31.6 Å². The first kappa shape index (κ1) is 22.9. The van der Waals surface area contributed by atoms with Crippen molar-refractivity contribution in [3.63, 3.8) is 0 Å². The topological polar surface area (TPSA) is 91.6 Å². The summed E-state index contributed by atoms with van der Waals surface area (Å²) in [7, 11) is 3.14. The molecule has 11 heteroatoms. The predicted molar refractivity (Wildman–Crippen MR) is 126 cm³/mol. The van der Waals surface area contributed by atoms with Crippen LogP contribution in [0.3, 0.4) is 0 Å². The average molecular weight is 496 g/mol. The molecule has 2 heterocycles. The van der Waals surface area contributed by atoms with E-state index >= 15 is 0 Å². The highest BCUT2D eigenvalue weighted by Gasteiger charge is 2.57. The molecular formula is C24H19F2N5O3S. The SMILES string of the molecule is COC(=O)c1cnc(Oc2ccc(C#N)c(-c3ccc4c(c3)N(C)SN4CC3CC3(F)F)c2)nc1. The Balaban J connectivity index is 1.41. The molecule has 1 fully saturated rings. The lowest BCUT2D eigenvalue weighted by atomic mass is 9.99. The number of alkyl halides is 2. The number of hydrogen-bond acceptors (Lipinski definition) is 9. The smallest absolute Gasteiger partial charge is 0.341 e. The average Bonchev–Trinajstić information content (AvgIpc) is 3.35. The zero-order valence-electron chi connectivity index (χ0n) is 18.7. The molecule has 5 rings (SSSR count). The highest BCUT2D eigenvalue weighted by atomic mass is 32.2. The Morgan fingerprint density at radius 1 is 1.23 bits per heavy atom. The third-order valence-electron chi connectivity index (χ3n) is 5.83. The van der Waals surface area contributed by atoms with Gasteiger partial charge in [-0.05, 0) is 35.9 Å². The summed E-state index contributed by atoms with van der Waals surface area (Å²) in [6, 6.07) is 12.9. The van der Waals surface area contributed by atoms with Crippen molar-refractivity contribution in [2.45, 2.75) is 12.3 Å². The fourth-order valence-corrected chi connectivity index (χ4v) is 4.83. The van der Waals surface area contributed by atoms with E-state index in [1.807, 2.05) is 33.9 Å². The lowest BCUT2D eigenvalue weighted by Crippen LogP contribution is -2.18. The number of ether oxygens (including phenoxy) is 2. The number of esters is 1. The van der Waals surface area contributed by atoms with Gasteiger partial charge in [0, 0.05) is 43.9 Å². The van der Waals surface area contributed by atoms with Gasteiger partial charge < -0.3 is 9.47 Å². The highest BCUT2D eigenvalue weighted by Crippen LogP contribution is 2.53. The Morgan fingerprint density at radius 2 is 1.97 bits per heavy atom. The van der Waals surface area contributed by atoms with Crippen LogP contribution in [0.4, 0.5) is 20.2 Å². The van der Waals surface area contributed by atoms with Crippen LogP contribution in [0.1, 0.15) is 22.3 Å². The van der Waals surface area contributed by atoms with Crippen molar-refractivity contribution in [2.24, 2.45) is 5.92 Å². The zero-order valence-corrected chi connectivity index (χ0v) is 19.6. The molecule has 1 aromatic heterocycles. The number of aromatic nitrogens is 2. The molecule has 1 saturated carbocycles. The number of hydrogen-bond donors (Lipinski definition) is 0. The standard InChI is InChI=1S/C24H19F2N5O3S/c1-30-21-7-14(4-6-20(21)31(35-30)13-17-9-24(17,25)26)19-8-18(5-3-15(19)10-27)34-23-28-11-16(12-29-23)22(32)33-2/h3-8,11-12,17H,9,13H2,1-2H3. The second kappa shape index (κ2) is 8.70. The molecule has 0 saturated heterocycles. The molecule has 0 bridgehead atoms. The minimum atomic E-state index is -2.58. The Labute approximate surface area is 204 Å². The van der Waals surface area contributed by atoms with E-state index in [9.17, 15) is 18.8 Å². The number of nitriles is 1. The van der Waals surface area contributed by atoms with Crippen LogP contribution in [0.5, 0.6) is 11.8 Å². The minimum absolute atomic E-state index is 0.0333. The molecule has 0 amide bonds. The molecule has 1 unspecified atom stereocenters. The maximum atomic E-state index is 13.4. The molecule has 0 N–H and O–H groups in total. The first-order valence-electron chi connectivity index (χ1n) is 10.6. The second-order valence-electron chi connectivity index (χ2n) is 8.17. The summed E-state index contributed by atoms with van der Waals surface area (Å²) < 4.78 is 41.0. The molecule has 178 valence electrons. The van der Waals surface area contributed by atoms with Gasteiger partial charge in [0.2, 0.25) is 0 Å². The largest absolute Gasteiger partial charge is 0.465 e. The van der Waals surface area contributed by atoms with E-state index in [2.05, 4.69) is 20.8 Å². The van der Waals surface area contributed by atoms with Gasteiger partial charge in [0.25, 0.3) is 5.92 Å². The molecule has 35 heavy (non-hydrogen) atoms. The van der Waals surface area contributed by atoms with E-state index in [0.717, 1.165) is 16.9 Å². The van der Waals surface area contributed by atoms with Crippen LogP contribution in [0, 0.1) is 17.2 Å². The van der Waals surface area contributed by atoms with Gasteiger partial charge in [-0.25, -0.2) is 23.5 Å². The van der Waals surface area contributed by atoms with Gasteiger partial charge in [-0.15, -0.1) is 0 Å². The summed E-state index contributed by atoms with van der Waals surface area (Å²) in [5, 5.41) is 9.66. The Bertz CT molecular complexity index is 1350. The van der Waals surface area contributed by atoms with E-state index in [1.54, 1.807) is 18.2 Å². The van der Waals surface area contributed by atoms with Gasteiger partial charge in [-0.2, -0.15) is 5.26 Å². The number of benzene rings is 2. The van der Waals surface area contributed by atoms with Crippen molar-refractivity contribution in [2.75, 3.05) is 29.3 Å². The normalized spacial score (nSPS) is 17.5. The molecule has 0 spiro atoms. The summed E-state index contributed by atoms with van der Waals surface area (Å²) in [4.78, 5) is 19.6. The second-order valence-corrected chi connectivity index (χ2v) is 9.32. The molecule has 1 atom stereocenters. The highest BCUT2D eigenvalue weighted by molar-refractivity contribution is 8.02. The third-order valence-corrected chi connectivity index (χ3v) is 6.81. The number of methoxy groups -OCH3 is 1. The van der Waals surface area contributed by atoms with E-state index in [-0.39, 0.29) is 24.5 Å². The van der Waals surface area contributed by atoms with Crippen molar-refractivity contribution in [1.29, 1.82) is 5.26 Å². The van der Waals surface area contributed by atoms with Crippen molar-refractivity contribution in [3.8, 4) is 29.0 Å². The summed E-state index contributed by atoms with van der Waals surface area (Å²) in [5.41, 5.74) is 3.78. The van der Waals surface area contributed by atoms with Gasteiger partial charge in [0.15, 0.2) is 0 Å². The fraction of sp³-hybridized carbons (Fsp3) is 0.250. The minimum Gasteiger partial charge on any atom is -0.465 e. The maximum Gasteiger partial charge on any atom is 0.341 e. The molecule has 2 aliphatic rings. The molecular weight excluding hydrogens is 476 g/mol. The number of carbonyl (C=O) groups is 1. The summed E-state index contributed by atoms with van der Waals surface area (Å²) in [6.45, 7) is 0.274. The molecule has 8 nitrogen and oxygen atoms in total. The lowest BCUT2D eigenvalue weighted by Gasteiger charge is -2.16. The van der Waals surface area contributed by atoms with Gasteiger partial charge in [-0.3, -0.25) is 8.61 Å². The van der Waals surface area contributed by atoms with Gasteiger partial charge in [-0.1, -0.05) is 6.07 Å². The van der Waals surface area contributed by atoms with Crippen LogP contribution in [-0.4, -0.2) is 42.6 Å². The maximum absolute atomic E-state index is 13.4. The number of halogens is 2. The molecule has 1 aliphatic heterocycles. The molecule has 3 aromatic rings. The number of rotatable bonds is 6. The quantitative estimate of drug-likeness (QED) is 0.343. The molecule has 1 aliphatic carbocycles.